The van der Waals surface area contributed by atoms with Gasteiger partial charge < -0.3 is 10.6 Å². The van der Waals surface area contributed by atoms with Crippen LogP contribution in [0.4, 0.5) is 0 Å². The summed E-state index contributed by atoms with van der Waals surface area (Å²) in [6.45, 7) is 8.89. The molecule has 0 aromatic rings. The van der Waals surface area contributed by atoms with Crippen molar-refractivity contribution in [2.45, 2.75) is 46.1 Å². The molecule has 2 aliphatic carbocycles. The molecule has 2 saturated carbocycles. The van der Waals surface area contributed by atoms with Crippen LogP contribution in [0.15, 0.2) is 0 Å². The Balaban J connectivity index is 0.00000120. The van der Waals surface area contributed by atoms with Gasteiger partial charge in [-0.3, -0.25) is 4.79 Å². The van der Waals surface area contributed by atoms with Crippen LogP contribution >= 0.6 is 12.4 Å². The van der Waals surface area contributed by atoms with E-state index in [1.165, 1.54) is 19.3 Å². The van der Waals surface area contributed by atoms with Crippen molar-refractivity contribution >= 4 is 18.3 Å². The van der Waals surface area contributed by atoms with E-state index in [0.717, 1.165) is 19.0 Å². The monoisotopic (exact) mass is 272 g/mol. The lowest BCUT2D eigenvalue weighted by Gasteiger charge is -2.40. The van der Waals surface area contributed by atoms with E-state index in [0.29, 0.717) is 16.9 Å². The molecule has 1 amide bonds. The van der Waals surface area contributed by atoms with Gasteiger partial charge in [0, 0.05) is 19.1 Å². The van der Waals surface area contributed by atoms with Gasteiger partial charge in [-0.15, -0.1) is 12.4 Å². The second-order valence-electron chi connectivity index (χ2n) is 7.03. The SMILES string of the molecule is CC1(C)C2CCC1(C)C(NC(=O)C1CNC1)C2.Cl. The molecule has 0 aromatic carbocycles. The molecule has 3 unspecified atom stereocenters. The number of fused-ring (bicyclic) bond motifs is 2. The van der Waals surface area contributed by atoms with Crippen LogP contribution in [0.2, 0.25) is 0 Å². The highest BCUT2D eigenvalue weighted by Crippen LogP contribution is 2.65. The summed E-state index contributed by atoms with van der Waals surface area (Å²) in [6.07, 6.45) is 3.81. The topological polar surface area (TPSA) is 41.1 Å². The van der Waals surface area contributed by atoms with Crippen molar-refractivity contribution in [1.29, 1.82) is 0 Å². The normalized spacial score (nSPS) is 41.1. The van der Waals surface area contributed by atoms with Crippen LogP contribution in [0.1, 0.15) is 40.0 Å². The molecule has 0 radical (unpaired) electrons. The van der Waals surface area contributed by atoms with E-state index in [-0.39, 0.29) is 24.2 Å². The van der Waals surface area contributed by atoms with Crippen LogP contribution in [0.3, 0.4) is 0 Å². The van der Waals surface area contributed by atoms with E-state index in [2.05, 4.69) is 31.4 Å². The van der Waals surface area contributed by atoms with Crippen LogP contribution in [0.5, 0.6) is 0 Å². The van der Waals surface area contributed by atoms with Crippen LogP contribution in [0.25, 0.3) is 0 Å². The Kier molecular flexibility index (Phi) is 3.44. The molecular formula is C14H25ClN2O. The van der Waals surface area contributed by atoms with Crippen molar-refractivity contribution in [2.24, 2.45) is 22.7 Å². The zero-order valence-corrected chi connectivity index (χ0v) is 12.4. The quantitative estimate of drug-likeness (QED) is 0.807. The van der Waals surface area contributed by atoms with Gasteiger partial charge in [-0.05, 0) is 36.0 Å². The number of halogens is 1. The molecule has 1 aliphatic heterocycles. The number of amides is 1. The number of rotatable bonds is 2. The first kappa shape index (κ1) is 14.1. The fraction of sp³-hybridized carbons (Fsp3) is 0.929. The average molecular weight is 273 g/mol. The molecule has 0 aromatic heterocycles. The van der Waals surface area contributed by atoms with E-state index in [4.69, 9.17) is 0 Å². The van der Waals surface area contributed by atoms with Crippen molar-refractivity contribution in [3.8, 4) is 0 Å². The first-order valence-corrected chi connectivity index (χ1v) is 6.96. The van der Waals surface area contributed by atoms with Crippen LogP contribution in [-0.4, -0.2) is 25.0 Å². The molecule has 3 rings (SSSR count). The van der Waals surface area contributed by atoms with E-state index < -0.39 is 0 Å². The Morgan fingerprint density at radius 3 is 2.33 bits per heavy atom. The predicted octanol–water partition coefficient (Wildman–Crippen LogP) is 1.96. The van der Waals surface area contributed by atoms with Crippen molar-refractivity contribution in [3.05, 3.63) is 0 Å². The summed E-state index contributed by atoms with van der Waals surface area (Å²) < 4.78 is 0. The smallest absolute Gasteiger partial charge is 0.225 e. The average Bonchev–Trinajstić information content (AvgIpc) is 2.47. The third kappa shape index (κ3) is 1.70. The molecule has 2 bridgehead atoms. The van der Waals surface area contributed by atoms with E-state index in [1.807, 2.05) is 0 Å². The lowest BCUT2D eigenvalue weighted by molar-refractivity contribution is -0.128. The third-order valence-electron chi connectivity index (χ3n) is 6.26. The summed E-state index contributed by atoms with van der Waals surface area (Å²) in [5.74, 6) is 1.30. The van der Waals surface area contributed by atoms with Gasteiger partial charge in [0.1, 0.15) is 0 Å². The highest BCUT2D eigenvalue weighted by atomic mass is 35.5. The summed E-state index contributed by atoms with van der Waals surface area (Å²) >= 11 is 0. The van der Waals surface area contributed by atoms with Crippen molar-refractivity contribution in [1.82, 2.24) is 10.6 Å². The number of nitrogens with one attached hydrogen (secondary N) is 2. The lowest BCUT2D eigenvalue weighted by Crippen LogP contribution is -2.55. The molecule has 4 heteroatoms. The number of carbonyl (C=O) groups excluding carboxylic acids is 1. The van der Waals surface area contributed by atoms with Crippen molar-refractivity contribution in [3.63, 3.8) is 0 Å². The summed E-state index contributed by atoms with van der Waals surface area (Å²) in [5.41, 5.74) is 0.702. The minimum absolute atomic E-state index is 0. The van der Waals surface area contributed by atoms with Crippen molar-refractivity contribution < 1.29 is 4.79 Å². The second-order valence-corrected chi connectivity index (χ2v) is 7.03. The Bertz CT molecular complexity index is 354. The molecule has 1 saturated heterocycles. The molecule has 3 atom stereocenters. The first-order valence-electron chi connectivity index (χ1n) is 6.96. The summed E-state index contributed by atoms with van der Waals surface area (Å²) in [6, 6.07) is 0.407. The summed E-state index contributed by atoms with van der Waals surface area (Å²) in [4.78, 5) is 12.1. The van der Waals surface area contributed by atoms with Gasteiger partial charge >= 0.3 is 0 Å². The molecule has 3 aliphatic rings. The maximum Gasteiger partial charge on any atom is 0.225 e. The van der Waals surface area contributed by atoms with Gasteiger partial charge in [0.2, 0.25) is 5.91 Å². The van der Waals surface area contributed by atoms with Gasteiger partial charge in [-0.2, -0.15) is 0 Å². The Morgan fingerprint density at radius 1 is 1.28 bits per heavy atom. The molecular weight excluding hydrogens is 248 g/mol. The largest absolute Gasteiger partial charge is 0.352 e. The number of carbonyl (C=O) groups is 1. The van der Waals surface area contributed by atoms with Gasteiger partial charge in [0.15, 0.2) is 0 Å². The Hall–Kier alpha value is -0.280. The molecule has 3 fully saturated rings. The van der Waals surface area contributed by atoms with E-state index in [9.17, 15) is 4.79 Å². The molecule has 18 heavy (non-hydrogen) atoms. The Morgan fingerprint density at radius 2 is 1.94 bits per heavy atom. The zero-order chi connectivity index (χ0) is 12.3. The zero-order valence-electron chi connectivity index (χ0n) is 11.6. The van der Waals surface area contributed by atoms with Gasteiger partial charge in [-0.1, -0.05) is 20.8 Å². The van der Waals surface area contributed by atoms with Gasteiger partial charge in [-0.25, -0.2) is 0 Å². The molecule has 104 valence electrons. The second kappa shape index (κ2) is 4.38. The molecule has 0 spiro atoms. The molecule has 2 N–H and O–H groups in total. The minimum Gasteiger partial charge on any atom is -0.352 e. The Labute approximate surface area is 116 Å². The van der Waals surface area contributed by atoms with Crippen molar-refractivity contribution in [2.75, 3.05) is 13.1 Å². The maximum atomic E-state index is 12.1. The highest BCUT2D eigenvalue weighted by molar-refractivity contribution is 5.85. The summed E-state index contributed by atoms with van der Waals surface area (Å²) in [7, 11) is 0. The van der Waals surface area contributed by atoms with E-state index >= 15 is 0 Å². The fourth-order valence-electron chi connectivity index (χ4n) is 4.19. The summed E-state index contributed by atoms with van der Waals surface area (Å²) in [5, 5.41) is 6.50. The lowest BCUT2D eigenvalue weighted by atomic mass is 9.69. The minimum atomic E-state index is 0. The van der Waals surface area contributed by atoms with E-state index in [1.54, 1.807) is 0 Å². The number of hydrogen-bond donors (Lipinski definition) is 2. The highest BCUT2D eigenvalue weighted by Gasteiger charge is 2.61. The standard InChI is InChI=1S/C14H24N2O.ClH/c1-13(2)10-4-5-14(13,3)11(6-10)16-12(17)9-7-15-8-9;/h9-11,15H,4-8H2,1-3H3,(H,16,17);1H. The predicted molar refractivity (Wildman–Crippen MR) is 74.8 cm³/mol. The van der Waals surface area contributed by atoms with Gasteiger partial charge in [0.05, 0.1) is 5.92 Å². The molecule has 3 nitrogen and oxygen atoms in total. The van der Waals surface area contributed by atoms with Gasteiger partial charge in [0.25, 0.3) is 0 Å². The fourth-order valence-corrected chi connectivity index (χ4v) is 4.19. The van der Waals surface area contributed by atoms with Crippen LogP contribution < -0.4 is 10.6 Å². The maximum absolute atomic E-state index is 12.1. The number of hydrogen-bond acceptors (Lipinski definition) is 2. The van der Waals surface area contributed by atoms with Crippen LogP contribution in [0, 0.1) is 22.7 Å². The third-order valence-corrected chi connectivity index (χ3v) is 6.26. The van der Waals surface area contributed by atoms with Crippen LogP contribution in [-0.2, 0) is 4.79 Å². The molecule has 1 heterocycles. The first-order chi connectivity index (χ1) is 7.95.